The van der Waals surface area contributed by atoms with Crippen LogP contribution in [0.4, 0.5) is 5.69 Å². The van der Waals surface area contributed by atoms with Crippen LogP contribution in [0.25, 0.3) is 12.2 Å². The number of benzene rings is 1. The molecule has 1 N–H and O–H groups in total. The molecule has 3 unspecified atom stereocenters. The third-order valence-corrected chi connectivity index (χ3v) is 5.14. The fraction of sp³-hybridized carbons (Fsp3) is 0.600. The molecule has 116 valence electrons. The first kappa shape index (κ1) is 16.1. The molecule has 1 aliphatic carbocycles. The van der Waals surface area contributed by atoms with Crippen molar-refractivity contribution in [2.75, 3.05) is 11.9 Å². The van der Waals surface area contributed by atoms with Gasteiger partial charge >= 0.3 is 0 Å². The molecule has 2 rings (SSSR count). The molecule has 0 heterocycles. The van der Waals surface area contributed by atoms with Crippen LogP contribution in [0, 0.1) is 17.8 Å². The zero-order chi connectivity index (χ0) is 15.2. The van der Waals surface area contributed by atoms with Gasteiger partial charge in [-0.05, 0) is 55.2 Å². The van der Waals surface area contributed by atoms with Crippen LogP contribution in [0.3, 0.4) is 0 Å². The maximum Gasteiger partial charge on any atom is 0.0416 e. The molecule has 1 aliphatic rings. The summed E-state index contributed by atoms with van der Waals surface area (Å²) >= 11 is 0. The van der Waals surface area contributed by atoms with Crippen molar-refractivity contribution in [3.05, 3.63) is 28.6 Å². The van der Waals surface area contributed by atoms with Crippen molar-refractivity contribution >= 4 is 17.8 Å². The summed E-state index contributed by atoms with van der Waals surface area (Å²) < 4.78 is 0. The zero-order valence-corrected chi connectivity index (χ0v) is 14.2. The lowest BCUT2D eigenvalue weighted by atomic mass is 9.98. The average Bonchev–Trinajstić information content (AvgIpc) is 2.86. The van der Waals surface area contributed by atoms with Gasteiger partial charge in [-0.15, -0.1) is 0 Å². The molecule has 1 aromatic rings. The highest BCUT2D eigenvalue weighted by Crippen LogP contribution is 2.37. The minimum Gasteiger partial charge on any atom is -0.384 e. The number of hydrogen-bond donors (Lipinski definition) is 1. The van der Waals surface area contributed by atoms with Crippen LogP contribution < -0.4 is 15.8 Å². The summed E-state index contributed by atoms with van der Waals surface area (Å²) in [5, 5.41) is 6.45. The van der Waals surface area contributed by atoms with Crippen LogP contribution in [0.1, 0.15) is 53.4 Å². The number of anilines is 1. The summed E-state index contributed by atoms with van der Waals surface area (Å²) in [6.07, 6.45) is 9.78. The van der Waals surface area contributed by atoms with Gasteiger partial charge in [0.05, 0.1) is 0 Å². The quantitative estimate of drug-likeness (QED) is 0.856. The van der Waals surface area contributed by atoms with Crippen LogP contribution in [-0.4, -0.2) is 6.54 Å². The summed E-state index contributed by atoms with van der Waals surface area (Å²) in [5.41, 5.74) is 1.31. The Morgan fingerprint density at radius 1 is 1.24 bits per heavy atom. The molecule has 1 nitrogen and oxygen atoms in total. The van der Waals surface area contributed by atoms with Crippen LogP contribution >= 0.6 is 0 Å². The van der Waals surface area contributed by atoms with Gasteiger partial charge in [-0.1, -0.05) is 51.5 Å². The van der Waals surface area contributed by atoms with E-state index >= 15 is 0 Å². The molecule has 3 atom stereocenters. The normalized spacial score (nSPS) is 27.3. The predicted molar refractivity (Wildman–Crippen MR) is 94.7 cm³/mol. The standard InChI is InChI=1S/C20H31N/c1-5-9-19-17(7-3)10-8-11-20(19)21-14-18-13-16(6-2)12-15(18)4/h7-11,15-16,18,21H,5-6,12-14H2,1-4H3/b17-7-,19-9+. The van der Waals surface area contributed by atoms with Crippen LogP contribution in [0.15, 0.2) is 18.2 Å². The minimum absolute atomic E-state index is 0.832. The number of nitrogens with one attached hydrogen (secondary N) is 1. The number of rotatable bonds is 5. The van der Waals surface area contributed by atoms with Gasteiger partial charge in [-0.25, -0.2) is 0 Å². The lowest BCUT2D eigenvalue weighted by molar-refractivity contribution is 0.439. The highest BCUT2D eigenvalue weighted by atomic mass is 14.9. The van der Waals surface area contributed by atoms with E-state index in [1.165, 1.54) is 35.4 Å². The van der Waals surface area contributed by atoms with E-state index in [1.807, 2.05) is 0 Å². The van der Waals surface area contributed by atoms with Gasteiger partial charge in [0.1, 0.15) is 0 Å². The Labute approximate surface area is 130 Å². The molecule has 0 spiro atoms. The average molecular weight is 285 g/mol. The van der Waals surface area contributed by atoms with Gasteiger partial charge in [0.2, 0.25) is 0 Å². The maximum atomic E-state index is 3.74. The van der Waals surface area contributed by atoms with Crippen molar-refractivity contribution in [1.82, 2.24) is 0 Å². The molecule has 1 heteroatoms. The summed E-state index contributed by atoms with van der Waals surface area (Å²) in [5.74, 6) is 2.64. The molecule has 0 amide bonds. The second-order valence-corrected chi connectivity index (χ2v) is 6.57. The Bertz CT molecular complexity index is 558. The van der Waals surface area contributed by atoms with Gasteiger partial charge in [0.25, 0.3) is 0 Å². The van der Waals surface area contributed by atoms with Crippen molar-refractivity contribution in [1.29, 1.82) is 0 Å². The topological polar surface area (TPSA) is 12.0 Å². The largest absolute Gasteiger partial charge is 0.384 e. The summed E-state index contributed by atoms with van der Waals surface area (Å²) in [6, 6.07) is 6.60. The third-order valence-electron chi connectivity index (χ3n) is 5.14. The van der Waals surface area contributed by atoms with Crippen LogP contribution in [0.2, 0.25) is 0 Å². The molecule has 0 aliphatic heterocycles. The Kier molecular flexibility index (Phi) is 5.90. The molecule has 0 radical (unpaired) electrons. The third kappa shape index (κ3) is 3.90. The Morgan fingerprint density at radius 3 is 2.67 bits per heavy atom. The van der Waals surface area contributed by atoms with Crippen molar-refractivity contribution in [2.45, 2.75) is 53.4 Å². The minimum atomic E-state index is 0.832. The smallest absolute Gasteiger partial charge is 0.0416 e. The first-order valence-electron chi connectivity index (χ1n) is 8.68. The monoisotopic (exact) mass is 285 g/mol. The van der Waals surface area contributed by atoms with Crippen LogP contribution in [0.5, 0.6) is 0 Å². The molecular formula is C20H31N. The summed E-state index contributed by atoms with van der Waals surface area (Å²) in [4.78, 5) is 0. The van der Waals surface area contributed by atoms with Gasteiger partial charge in [-0.2, -0.15) is 0 Å². The Hall–Kier alpha value is -1.24. The van der Waals surface area contributed by atoms with E-state index in [4.69, 9.17) is 0 Å². The van der Waals surface area contributed by atoms with E-state index in [9.17, 15) is 0 Å². The molecule has 1 saturated carbocycles. The van der Waals surface area contributed by atoms with E-state index in [2.05, 4.69) is 63.4 Å². The number of hydrogen-bond acceptors (Lipinski definition) is 1. The molecule has 0 bridgehead atoms. The van der Waals surface area contributed by atoms with E-state index < -0.39 is 0 Å². The molecule has 1 aromatic carbocycles. The van der Waals surface area contributed by atoms with Gasteiger partial charge in [0, 0.05) is 17.5 Å². The lowest BCUT2D eigenvalue weighted by Crippen LogP contribution is -2.29. The van der Waals surface area contributed by atoms with Gasteiger partial charge in [-0.3, -0.25) is 0 Å². The Balaban J connectivity index is 2.13. The zero-order valence-electron chi connectivity index (χ0n) is 14.2. The van der Waals surface area contributed by atoms with Crippen molar-refractivity contribution in [2.24, 2.45) is 17.8 Å². The summed E-state index contributed by atoms with van der Waals surface area (Å²) in [7, 11) is 0. The molecule has 1 fully saturated rings. The fourth-order valence-electron chi connectivity index (χ4n) is 3.75. The SMILES string of the molecule is C/C=c1/cccc(NCC2CC(CC)CC2C)/c1=C/CC. The summed E-state index contributed by atoms with van der Waals surface area (Å²) in [6.45, 7) is 10.2. The highest BCUT2D eigenvalue weighted by Gasteiger charge is 2.29. The Morgan fingerprint density at radius 2 is 2.05 bits per heavy atom. The molecule has 0 aromatic heterocycles. The predicted octanol–water partition coefficient (Wildman–Crippen LogP) is 4.16. The van der Waals surface area contributed by atoms with Crippen molar-refractivity contribution < 1.29 is 0 Å². The van der Waals surface area contributed by atoms with Crippen LogP contribution in [-0.2, 0) is 0 Å². The van der Waals surface area contributed by atoms with E-state index in [0.717, 1.165) is 30.7 Å². The van der Waals surface area contributed by atoms with Crippen molar-refractivity contribution in [3.63, 3.8) is 0 Å². The second kappa shape index (κ2) is 7.68. The molecule has 0 saturated heterocycles. The van der Waals surface area contributed by atoms with E-state index in [1.54, 1.807) is 0 Å². The lowest BCUT2D eigenvalue weighted by Gasteiger charge is -2.17. The van der Waals surface area contributed by atoms with Gasteiger partial charge in [0.15, 0.2) is 0 Å². The highest BCUT2D eigenvalue weighted by molar-refractivity contribution is 5.51. The molecule has 21 heavy (non-hydrogen) atoms. The first-order chi connectivity index (χ1) is 10.2. The second-order valence-electron chi connectivity index (χ2n) is 6.57. The van der Waals surface area contributed by atoms with Crippen molar-refractivity contribution in [3.8, 4) is 0 Å². The van der Waals surface area contributed by atoms with E-state index in [-0.39, 0.29) is 0 Å². The van der Waals surface area contributed by atoms with Gasteiger partial charge < -0.3 is 5.32 Å². The van der Waals surface area contributed by atoms with E-state index in [0.29, 0.717) is 0 Å². The molecular weight excluding hydrogens is 254 g/mol. The first-order valence-corrected chi connectivity index (χ1v) is 8.68. The fourth-order valence-corrected chi connectivity index (χ4v) is 3.75. The maximum absolute atomic E-state index is 3.74.